The maximum atomic E-state index is 11.3. The standard InChI is InChI=1S/C16H21N5O2S3/c17-26(22,23)14-4-2-13(3-5-14)19-16(24)21-8-1-7-20(9-10-21)12-15-18-6-11-25-15/h2-6,11H,1,7-10,12H2,(H,19,24)(H2,17,22,23). The lowest BCUT2D eigenvalue weighted by atomic mass is 10.3. The van der Waals surface area contributed by atoms with Gasteiger partial charge in [0.1, 0.15) is 5.01 Å². The second-order valence-corrected chi connectivity index (χ2v) is 8.97. The fourth-order valence-corrected chi connectivity index (χ4v) is 4.26. The second-order valence-electron chi connectivity index (χ2n) is 6.04. The zero-order valence-corrected chi connectivity index (χ0v) is 16.6. The number of sulfonamides is 1. The highest BCUT2D eigenvalue weighted by Gasteiger charge is 2.18. The highest BCUT2D eigenvalue weighted by Crippen LogP contribution is 2.15. The molecule has 26 heavy (non-hydrogen) atoms. The van der Waals surface area contributed by atoms with Crippen LogP contribution in [0.1, 0.15) is 11.4 Å². The van der Waals surface area contributed by atoms with E-state index in [0.29, 0.717) is 5.11 Å². The molecule has 1 aromatic carbocycles. The van der Waals surface area contributed by atoms with E-state index in [4.69, 9.17) is 17.4 Å². The van der Waals surface area contributed by atoms with Gasteiger partial charge in [0, 0.05) is 43.4 Å². The number of thiazole rings is 1. The molecule has 1 fully saturated rings. The summed E-state index contributed by atoms with van der Waals surface area (Å²) in [4.78, 5) is 8.97. The predicted octanol–water partition coefficient (Wildman–Crippen LogP) is 1.70. The number of thiocarbonyl (C=S) groups is 1. The molecule has 0 atom stereocenters. The van der Waals surface area contributed by atoms with E-state index < -0.39 is 10.0 Å². The number of primary sulfonamides is 1. The van der Waals surface area contributed by atoms with Crippen molar-refractivity contribution in [2.24, 2.45) is 5.14 Å². The number of aromatic nitrogens is 1. The fourth-order valence-electron chi connectivity index (χ4n) is 2.78. The van der Waals surface area contributed by atoms with Crippen LogP contribution in [0.4, 0.5) is 5.69 Å². The lowest BCUT2D eigenvalue weighted by molar-refractivity contribution is 0.278. The van der Waals surface area contributed by atoms with E-state index in [1.807, 2.05) is 11.6 Å². The fraction of sp³-hybridized carbons (Fsp3) is 0.375. The minimum Gasteiger partial charge on any atom is -0.348 e. The maximum absolute atomic E-state index is 11.3. The van der Waals surface area contributed by atoms with Crippen molar-refractivity contribution in [1.29, 1.82) is 0 Å². The number of nitrogens with one attached hydrogen (secondary N) is 1. The molecule has 3 N–H and O–H groups in total. The smallest absolute Gasteiger partial charge is 0.238 e. The quantitative estimate of drug-likeness (QED) is 0.740. The Morgan fingerprint density at radius 3 is 2.65 bits per heavy atom. The monoisotopic (exact) mass is 411 g/mol. The van der Waals surface area contributed by atoms with Crippen LogP contribution in [0, 0.1) is 0 Å². The molecular weight excluding hydrogens is 390 g/mol. The molecule has 140 valence electrons. The minimum absolute atomic E-state index is 0.0848. The number of rotatable bonds is 4. The molecular formula is C16H21N5O2S3. The van der Waals surface area contributed by atoms with Gasteiger partial charge >= 0.3 is 0 Å². The van der Waals surface area contributed by atoms with Gasteiger partial charge in [-0.15, -0.1) is 11.3 Å². The summed E-state index contributed by atoms with van der Waals surface area (Å²) in [6.07, 6.45) is 2.86. The number of nitrogens with two attached hydrogens (primary N) is 1. The SMILES string of the molecule is NS(=O)(=O)c1ccc(NC(=S)N2CCCN(Cc3nccs3)CC2)cc1. The van der Waals surface area contributed by atoms with Crippen LogP contribution in [0.3, 0.4) is 0 Å². The normalized spacial score (nSPS) is 16.3. The van der Waals surface area contributed by atoms with Gasteiger partial charge in [0.2, 0.25) is 10.0 Å². The molecule has 1 aliphatic heterocycles. The average molecular weight is 412 g/mol. The third-order valence-electron chi connectivity index (χ3n) is 4.15. The van der Waals surface area contributed by atoms with Gasteiger partial charge in [0.25, 0.3) is 0 Å². The molecule has 0 unspecified atom stereocenters. The molecule has 2 aromatic rings. The van der Waals surface area contributed by atoms with Gasteiger partial charge in [-0.1, -0.05) is 0 Å². The molecule has 0 bridgehead atoms. The Kier molecular flexibility index (Phi) is 6.20. The molecule has 7 nitrogen and oxygen atoms in total. The van der Waals surface area contributed by atoms with Crippen LogP contribution in [0.2, 0.25) is 0 Å². The Hall–Kier alpha value is -1.59. The number of nitrogens with zero attached hydrogens (tertiary/aromatic N) is 3. The molecule has 0 spiro atoms. The molecule has 1 aromatic heterocycles. The van der Waals surface area contributed by atoms with Gasteiger partial charge in [-0.25, -0.2) is 18.5 Å². The summed E-state index contributed by atoms with van der Waals surface area (Å²) >= 11 is 7.20. The van der Waals surface area contributed by atoms with Crippen molar-refractivity contribution in [3.8, 4) is 0 Å². The van der Waals surface area contributed by atoms with Gasteiger partial charge < -0.3 is 10.2 Å². The highest BCUT2D eigenvalue weighted by molar-refractivity contribution is 7.89. The van der Waals surface area contributed by atoms with Gasteiger partial charge in [0.05, 0.1) is 11.4 Å². The van der Waals surface area contributed by atoms with Crippen LogP contribution in [0.15, 0.2) is 40.7 Å². The van der Waals surface area contributed by atoms with Crippen LogP contribution in [0.5, 0.6) is 0 Å². The second kappa shape index (κ2) is 8.40. The lowest BCUT2D eigenvalue weighted by Crippen LogP contribution is -2.37. The largest absolute Gasteiger partial charge is 0.348 e. The average Bonchev–Trinajstić information content (AvgIpc) is 2.98. The summed E-state index contributed by atoms with van der Waals surface area (Å²) in [6.45, 7) is 4.54. The van der Waals surface area contributed by atoms with Crippen LogP contribution in [-0.2, 0) is 16.6 Å². The number of anilines is 1. The first-order valence-corrected chi connectivity index (χ1v) is 11.0. The van der Waals surface area contributed by atoms with Crippen LogP contribution >= 0.6 is 23.6 Å². The van der Waals surface area contributed by atoms with Crippen molar-refractivity contribution in [2.45, 2.75) is 17.9 Å². The van der Waals surface area contributed by atoms with E-state index in [1.165, 1.54) is 12.1 Å². The summed E-state index contributed by atoms with van der Waals surface area (Å²) in [5, 5.41) is 12.1. The van der Waals surface area contributed by atoms with E-state index in [-0.39, 0.29) is 4.90 Å². The third kappa shape index (κ3) is 5.21. The van der Waals surface area contributed by atoms with Crippen molar-refractivity contribution < 1.29 is 8.42 Å². The Morgan fingerprint density at radius 2 is 2.00 bits per heavy atom. The maximum Gasteiger partial charge on any atom is 0.238 e. The van der Waals surface area contributed by atoms with Crippen molar-refractivity contribution in [2.75, 3.05) is 31.5 Å². The summed E-state index contributed by atoms with van der Waals surface area (Å²) < 4.78 is 22.6. The Balaban J connectivity index is 1.55. The van der Waals surface area contributed by atoms with Crippen molar-refractivity contribution in [3.63, 3.8) is 0 Å². The number of hydrogen-bond acceptors (Lipinski definition) is 6. The van der Waals surface area contributed by atoms with Crippen molar-refractivity contribution in [3.05, 3.63) is 40.8 Å². The summed E-state index contributed by atoms with van der Waals surface area (Å²) in [5.74, 6) is 0. The molecule has 10 heteroatoms. The molecule has 0 saturated carbocycles. The predicted molar refractivity (Wildman–Crippen MR) is 108 cm³/mol. The summed E-state index contributed by atoms with van der Waals surface area (Å²) in [7, 11) is -3.68. The molecule has 0 radical (unpaired) electrons. The van der Waals surface area contributed by atoms with Gasteiger partial charge in [0.15, 0.2) is 5.11 Å². The topological polar surface area (TPSA) is 91.6 Å². The highest BCUT2D eigenvalue weighted by atomic mass is 32.2. The van der Waals surface area contributed by atoms with E-state index in [9.17, 15) is 8.42 Å². The number of hydrogen-bond donors (Lipinski definition) is 2. The Morgan fingerprint density at radius 1 is 1.23 bits per heavy atom. The molecule has 2 heterocycles. The van der Waals surface area contributed by atoms with E-state index in [1.54, 1.807) is 23.5 Å². The first kappa shape index (κ1) is 19.2. The van der Waals surface area contributed by atoms with E-state index in [2.05, 4.69) is 20.1 Å². The number of benzene rings is 1. The molecule has 3 rings (SSSR count). The minimum atomic E-state index is -3.68. The Labute approximate surface area is 162 Å². The summed E-state index contributed by atoms with van der Waals surface area (Å²) in [6, 6.07) is 6.27. The van der Waals surface area contributed by atoms with E-state index in [0.717, 1.165) is 49.8 Å². The molecule has 1 saturated heterocycles. The van der Waals surface area contributed by atoms with Gasteiger partial charge in [-0.2, -0.15) is 0 Å². The summed E-state index contributed by atoms with van der Waals surface area (Å²) in [5.41, 5.74) is 0.742. The lowest BCUT2D eigenvalue weighted by Gasteiger charge is -2.24. The van der Waals surface area contributed by atoms with Crippen molar-refractivity contribution in [1.82, 2.24) is 14.8 Å². The van der Waals surface area contributed by atoms with Crippen LogP contribution in [-0.4, -0.2) is 54.5 Å². The zero-order chi connectivity index (χ0) is 18.6. The Bertz CT molecular complexity index is 837. The molecule has 0 aliphatic carbocycles. The molecule has 1 aliphatic rings. The third-order valence-corrected chi connectivity index (χ3v) is 6.21. The first-order chi connectivity index (χ1) is 12.4. The molecule has 0 amide bonds. The first-order valence-electron chi connectivity index (χ1n) is 8.21. The van der Waals surface area contributed by atoms with Gasteiger partial charge in [-0.05, 0) is 42.9 Å². The van der Waals surface area contributed by atoms with Crippen LogP contribution < -0.4 is 10.5 Å². The van der Waals surface area contributed by atoms with Crippen molar-refractivity contribution >= 4 is 44.4 Å². The van der Waals surface area contributed by atoms with Gasteiger partial charge in [-0.3, -0.25) is 4.90 Å². The van der Waals surface area contributed by atoms with E-state index >= 15 is 0 Å². The zero-order valence-electron chi connectivity index (χ0n) is 14.2. The van der Waals surface area contributed by atoms with Crippen LogP contribution in [0.25, 0.3) is 0 Å².